The summed E-state index contributed by atoms with van der Waals surface area (Å²) in [5, 5.41) is 15.3. The molecule has 1 aliphatic carbocycles. The molecular formula is C33H37N3O5S. The Balaban J connectivity index is 1.01. The van der Waals surface area contributed by atoms with E-state index in [0.29, 0.717) is 25.1 Å². The molecule has 0 saturated carbocycles. The number of rotatable bonds is 12. The second kappa shape index (κ2) is 13.9. The fraction of sp³-hybridized carbons (Fsp3) is 0.364. The molecule has 3 aromatic rings. The first-order valence-corrected chi connectivity index (χ1v) is 15.5. The molecule has 3 N–H and O–H groups in total. The van der Waals surface area contributed by atoms with Crippen LogP contribution in [0.4, 0.5) is 4.79 Å². The van der Waals surface area contributed by atoms with Crippen LogP contribution in [-0.4, -0.2) is 71.3 Å². The van der Waals surface area contributed by atoms with Crippen molar-refractivity contribution in [3.8, 4) is 11.1 Å². The third-order valence-corrected chi connectivity index (χ3v) is 9.01. The van der Waals surface area contributed by atoms with Crippen molar-refractivity contribution in [2.45, 2.75) is 37.3 Å². The number of nitrogens with zero attached hydrogens (tertiary/aromatic N) is 1. The predicted molar refractivity (Wildman–Crippen MR) is 164 cm³/mol. The van der Waals surface area contributed by atoms with Crippen molar-refractivity contribution in [3.63, 3.8) is 0 Å². The monoisotopic (exact) mass is 587 g/mol. The highest BCUT2D eigenvalue weighted by molar-refractivity contribution is 7.99. The number of nitrogens with one attached hydrogen (secondary N) is 2. The summed E-state index contributed by atoms with van der Waals surface area (Å²) < 4.78 is 5.57. The van der Waals surface area contributed by atoms with Gasteiger partial charge in [0.15, 0.2) is 0 Å². The lowest BCUT2D eigenvalue weighted by atomic mass is 9.84. The molecule has 9 heteroatoms. The number of carbonyl (C=O) groups is 3. The van der Waals surface area contributed by atoms with Gasteiger partial charge in [0.2, 0.25) is 5.91 Å². The number of amides is 2. The van der Waals surface area contributed by atoms with Gasteiger partial charge in [-0.1, -0.05) is 78.9 Å². The molecule has 1 heterocycles. The maximum Gasteiger partial charge on any atom is 0.407 e. The van der Waals surface area contributed by atoms with Crippen molar-refractivity contribution in [3.05, 3.63) is 95.6 Å². The van der Waals surface area contributed by atoms with E-state index in [1.54, 1.807) is 0 Å². The number of benzene rings is 3. The standard InChI is InChI=1S/C33H37N3O5S/c37-30(35-33(20-31(38)39)14-17-36(18-15-33)21-24-8-2-1-3-9-24)23-42-19-16-34-32(40)41-22-29-27-12-6-4-10-25(27)26-11-5-7-13-28(26)29/h1-13,29H,14-23H2,(H,34,40)(H,35,37)(H,38,39). The highest BCUT2D eigenvalue weighted by atomic mass is 32.2. The molecule has 5 rings (SSSR count). The zero-order valence-corrected chi connectivity index (χ0v) is 24.4. The first-order chi connectivity index (χ1) is 20.4. The number of piperidine rings is 1. The lowest BCUT2D eigenvalue weighted by Crippen LogP contribution is -2.56. The smallest absolute Gasteiger partial charge is 0.407 e. The van der Waals surface area contributed by atoms with E-state index in [-0.39, 0.29) is 30.6 Å². The predicted octanol–water partition coefficient (Wildman–Crippen LogP) is 4.88. The molecule has 0 unspecified atom stereocenters. The van der Waals surface area contributed by atoms with Crippen LogP contribution < -0.4 is 10.6 Å². The highest BCUT2D eigenvalue weighted by Crippen LogP contribution is 2.44. The first-order valence-electron chi connectivity index (χ1n) is 14.4. The van der Waals surface area contributed by atoms with E-state index >= 15 is 0 Å². The summed E-state index contributed by atoms with van der Waals surface area (Å²) in [6.45, 7) is 2.87. The Hall–Kier alpha value is -3.82. The van der Waals surface area contributed by atoms with Gasteiger partial charge in [-0.15, -0.1) is 0 Å². The van der Waals surface area contributed by atoms with Crippen molar-refractivity contribution in [2.75, 3.05) is 37.7 Å². The number of alkyl carbamates (subject to hydrolysis) is 1. The van der Waals surface area contributed by atoms with Crippen LogP contribution in [0, 0.1) is 0 Å². The van der Waals surface area contributed by atoms with Gasteiger partial charge in [-0.2, -0.15) is 11.8 Å². The number of fused-ring (bicyclic) bond motifs is 3. The Morgan fingerprint density at radius 1 is 0.905 bits per heavy atom. The molecule has 1 aliphatic heterocycles. The van der Waals surface area contributed by atoms with E-state index in [1.807, 2.05) is 42.5 Å². The molecule has 1 fully saturated rings. The zero-order valence-electron chi connectivity index (χ0n) is 23.6. The average molecular weight is 588 g/mol. The number of likely N-dealkylation sites (tertiary alicyclic amines) is 1. The third kappa shape index (κ3) is 7.52. The number of hydrogen-bond acceptors (Lipinski definition) is 6. The number of carboxylic acid groups (broad SMARTS) is 1. The van der Waals surface area contributed by atoms with Crippen LogP contribution in [0.5, 0.6) is 0 Å². The normalized spacial score (nSPS) is 15.8. The van der Waals surface area contributed by atoms with E-state index in [4.69, 9.17) is 4.74 Å². The van der Waals surface area contributed by atoms with Gasteiger partial charge in [-0.3, -0.25) is 14.5 Å². The quantitative estimate of drug-likeness (QED) is 0.259. The van der Waals surface area contributed by atoms with Gasteiger partial charge in [0, 0.05) is 37.8 Å². The lowest BCUT2D eigenvalue weighted by Gasteiger charge is -2.41. The minimum Gasteiger partial charge on any atom is -0.481 e. The number of hydrogen-bond donors (Lipinski definition) is 3. The van der Waals surface area contributed by atoms with Crippen LogP contribution in [0.1, 0.15) is 41.9 Å². The molecule has 1 saturated heterocycles. The second-order valence-electron chi connectivity index (χ2n) is 11.0. The maximum atomic E-state index is 12.8. The van der Waals surface area contributed by atoms with E-state index < -0.39 is 17.6 Å². The minimum atomic E-state index is -0.910. The van der Waals surface area contributed by atoms with Crippen LogP contribution in [0.2, 0.25) is 0 Å². The molecule has 0 aromatic heterocycles. The molecule has 42 heavy (non-hydrogen) atoms. The molecule has 0 bridgehead atoms. The largest absolute Gasteiger partial charge is 0.481 e. The fourth-order valence-electron chi connectivity index (χ4n) is 5.99. The van der Waals surface area contributed by atoms with Gasteiger partial charge in [-0.05, 0) is 40.7 Å². The topological polar surface area (TPSA) is 108 Å². The summed E-state index contributed by atoms with van der Waals surface area (Å²) >= 11 is 1.40. The van der Waals surface area contributed by atoms with Gasteiger partial charge in [0.1, 0.15) is 6.61 Å². The van der Waals surface area contributed by atoms with Gasteiger partial charge in [0.05, 0.1) is 17.7 Å². The van der Waals surface area contributed by atoms with Crippen LogP contribution in [0.3, 0.4) is 0 Å². The molecule has 2 aliphatic rings. The van der Waals surface area contributed by atoms with Crippen LogP contribution >= 0.6 is 11.8 Å². The molecule has 220 valence electrons. The Kier molecular flexibility index (Phi) is 9.81. The van der Waals surface area contributed by atoms with E-state index in [0.717, 1.165) is 30.8 Å². The second-order valence-corrected chi connectivity index (χ2v) is 12.1. The Morgan fingerprint density at radius 3 is 2.17 bits per heavy atom. The Bertz CT molecular complexity index is 1350. The van der Waals surface area contributed by atoms with Crippen LogP contribution in [-0.2, 0) is 20.9 Å². The summed E-state index contributed by atoms with van der Waals surface area (Å²) in [4.78, 5) is 39.1. The van der Waals surface area contributed by atoms with Crippen molar-refractivity contribution >= 4 is 29.7 Å². The zero-order chi connectivity index (χ0) is 29.4. The molecule has 0 spiro atoms. The van der Waals surface area contributed by atoms with Gasteiger partial charge in [0.25, 0.3) is 0 Å². The third-order valence-electron chi connectivity index (χ3n) is 8.05. The van der Waals surface area contributed by atoms with Crippen molar-refractivity contribution in [1.29, 1.82) is 0 Å². The summed E-state index contributed by atoms with van der Waals surface area (Å²) in [5.41, 5.74) is 5.16. The summed E-state index contributed by atoms with van der Waals surface area (Å²) in [6, 6.07) is 26.6. The number of aliphatic carboxylic acids is 1. The van der Waals surface area contributed by atoms with E-state index in [9.17, 15) is 19.5 Å². The van der Waals surface area contributed by atoms with E-state index in [1.165, 1.54) is 28.5 Å². The highest BCUT2D eigenvalue weighted by Gasteiger charge is 2.38. The van der Waals surface area contributed by atoms with Gasteiger partial charge >= 0.3 is 12.1 Å². The first kappa shape index (κ1) is 29.7. The van der Waals surface area contributed by atoms with Crippen molar-refractivity contribution in [1.82, 2.24) is 15.5 Å². The van der Waals surface area contributed by atoms with Gasteiger partial charge < -0.3 is 20.5 Å². The van der Waals surface area contributed by atoms with Crippen molar-refractivity contribution < 1.29 is 24.2 Å². The number of ether oxygens (including phenoxy) is 1. The SMILES string of the molecule is O=C(O)CC1(NC(=O)CSCCNC(=O)OCC2c3ccccc3-c3ccccc32)CCN(Cc2ccccc2)CC1. The molecule has 0 atom stereocenters. The minimum absolute atomic E-state index is 0.00421. The Labute approximate surface area is 250 Å². The molecular weight excluding hydrogens is 550 g/mol. The number of carboxylic acids is 1. The van der Waals surface area contributed by atoms with E-state index in [2.05, 4.69) is 51.9 Å². The van der Waals surface area contributed by atoms with Crippen LogP contribution in [0.25, 0.3) is 11.1 Å². The number of thioether (sulfide) groups is 1. The molecule has 3 aromatic carbocycles. The number of carbonyl (C=O) groups excluding carboxylic acids is 2. The summed E-state index contributed by atoms with van der Waals surface area (Å²) in [6.07, 6.45) is 0.605. The fourth-order valence-corrected chi connectivity index (χ4v) is 6.64. The van der Waals surface area contributed by atoms with Crippen molar-refractivity contribution in [2.24, 2.45) is 0 Å². The summed E-state index contributed by atoms with van der Waals surface area (Å²) in [5.74, 6) is -0.356. The summed E-state index contributed by atoms with van der Waals surface area (Å²) in [7, 11) is 0. The van der Waals surface area contributed by atoms with Crippen LogP contribution in [0.15, 0.2) is 78.9 Å². The average Bonchev–Trinajstić information content (AvgIpc) is 3.31. The lowest BCUT2D eigenvalue weighted by molar-refractivity contribution is -0.139. The Morgan fingerprint density at radius 2 is 1.52 bits per heavy atom. The molecule has 2 amide bonds. The van der Waals surface area contributed by atoms with Gasteiger partial charge in [-0.25, -0.2) is 4.79 Å². The molecule has 0 radical (unpaired) electrons. The molecule has 8 nitrogen and oxygen atoms in total. The maximum absolute atomic E-state index is 12.8.